The third kappa shape index (κ3) is 4.17. The quantitative estimate of drug-likeness (QED) is 0.357. The van der Waals surface area contributed by atoms with Gasteiger partial charge in [-0.2, -0.15) is 0 Å². The molecule has 34 heavy (non-hydrogen) atoms. The minimum atomic E-state index is -0.282. The maximum Gasteiger partial charge on any atom is 0.269 e. The fraction of sp³-hybridized carbons (Fsp3) is 0.0357. The molecule has 0 aliphatic carbocycles. The Morgan fingerprint density at radius 3 is 2.38 bits per heavy atom. The zero-order chi connectivity index (χ0) is 23.5. The van der Waals surface area contributed by atoms with E-state index in [2.05, 4.69) is 15.6 Å². The lowest BCUT2D eigenvalue weighted by Gasteiger charge is -2.12. The van der Waals surface area contributed by atoms with E-state index < -0.39 is 0 Å². The Bertz CT molecular complexity index is 1540. The Hall–Kier alpha value is -4.71. The van der Waals surface area contributed by atoms with E-state index in [0.29, 0.717) is 22.7 Å². The topological polar surface area (TPSA) is 80.3 Å². The van der Waals surface area contributed by atoms with Gasteiger partial charge in [0.15, 0.2) is 0 Å². The molecular weight excluding hydrogens is 426 g/mol. The van der Waals surface area contributed by atoms with Crippen molar-refractivity contribution in [2.24, 2.45) is 0 Å². The average molecular weight is 447 g/mol. The van der Waals surface area contributed by atoms with Crippen molar-refractivity contribution < 1.29 is 14.3 Å². The predicted molar refractivity (Wildman–Crippen MR) is 134 cm³/mol. The van der Waals surface area contributed by atoms with Crippen LogP contribution in [0.4, 0.5) is 5.69 Å². The molecule has 1 heterocycles. The van der Waals surface area contributed by atoms with Gasteiger partial charge in [0.2, 0.25) is 0 Å². The lowest BCUT2D eigenvalue weighted by atomic mass is 10.0. The number of amides is 2. The van der Waals surface area contributed by atoms with Gasteiger partial charge < -0.3 is 15.4 Å². The van der Waals surface area contributed by atoms with Crippen LogP contribution in [0.1, 0.15) is 20.8 Å². The molecule has 4 aromatic carbocycles. The molecule has 0 spiro atoms. The van der Waals surface area contributed by atoms with Gasteiger partial charge in [-0.1, -0.05) is 48.5 Å². The number of fused-ring (bicyclic) bond motifs is 2. The zero-order valence-electron chi connectivity index (χ0n) is 18.4. The first-order valence-corrected chi connectivity index (χ1v) is 10.8. The number of anilines is 1. The molecule has 5 aromatic rings. The molecule has 6 heteroatoms. The second-order valence-corrected chi connectivity index (χ2v) is 7.73. The first-order valence-electron chi connectivity index (χ1n) is 10.8. The van der Waals surface area contributed by atoms with Crippen LogP contribution in [0.3, 0.4) is 0 Å². The second kappa shape index (κ2) is 9.03. The van der Waals surface area contributed by atoms with E-state index in [9.17, 15) is 9.59 Å². The van der Waals surface area contributed by atoms with Gasteiger partial charge in [0.25, 0.3) is 11.8 Å². The molecule has 0 aliphatic rings. The van der Waals surface area contributed by atoms with Crippen LogP contribution in [0.15, 0.2) is 97.2 Å². The molecule has 5 rings (SSSR count). The number of carbonyl (C=O) groups is 2. The van der Waals surface area contributed by atoms with Crippen LogP contribution >= 0.6 is 0 Å². The number of nitrogens with one attached hydrogen (secondary N) is 2. The van der Waals surface area contributed by atoms with Gasteiger partial charge in [0.05, 0.1) is 0 Å². The number of benzene rings is 4. The molecule has 6 nitrogen and oxygen atoms in total. The largest absolute Gasteiger partial charge is 0.457 e. The standard InChI is InChI=1S/C28H21N3O3/c1-29-28(33)26-17-21(14-15-30-26)34-20-12-13-23-19(16-20)8-5-11-25(23)31-27(32)24-10-4-7-18-6-2-3-9-22(18)24/h2-17H,1H3,(H,29,33)(H,31,32). The van der Waals surface area contributed by atoms with Crippen molar-refractivity contribution >= 4 is 39.0 Å². The van der Waals surface area contributed by atoms with Crippen molar-refractivity contribution in [2.75, 3.05) is 12.4 Å². The summed E-state index contributed by atoms with van der Waals surface area (Å²) < 4.78 is 5.95. The number of rotatable bonds is 5. The van der Waals surface area contributed by atoms with Crippen LogP contribution in [0.5, 0.6) is 11.5 Å². The fourth-order valence-corrected chi connectivity index (χ4v) is 3.91. The van der Waals surface area contributed by atoms with Crippen molar-refractivity contribution in [2.45, 2.75) is 0 Å². The Balaban J connectivity index is 1.42. The van der Waals surface area contributed by atoms with Gasteiger partial charge in [0, 0.05) is 35.9 Å². The minimum absolute atomic E-state index is 0.164. The van der Waals surface area contributed by atoms with Crippen LogP contribution in [-0.4, -0.2) is 23.8 Å². The average Bonchev–Trinajstić information content (AvgIpc) is 2.88. The first kappa shape index (κ1) is 21.2. The summed E-state index contributed by atoms with van der Waals surface area (Å²) in [6.07, 6.45) is 1.53. The highest BCUT2D eigenvalue weighted by molar-refractivity contribution is 6.15. The molecule has 0 fully saturated rings. The molecule has 0 radical (unpaired) electrons. The van der Waals surface area contributed by atoms with E-state index in [1.807, 2.05) is 78.9 Å². The number of hydrogen-bond donors (Lipinski definition) is 2. The van der Waals surface area contributed by atoms with E-state index in [-0.39, 0.29) is 17.5 Å². The molecule has 2 N–H and O–H groups in total. The summed E-state index contributed by atoms with van der Waals surface area (Å²) in [5.41, 5.74) is 1.62. The summed E-state index contributed by atoms with van der Waals surface area (Å²) in [5, 5.41) is 9.34. The highest BCUT2D eigenvalue weighted by atomic mass is 16.5. The van der Waals surface area contributed by atoms with E-state index >= 15 is 0 Å². The fourth-order valence-electron chi connectivity index (χ4n) is 3.91. The minimum Gasteiger partial charge on any atom is -0.457 e. The van der Waals surface area contributed by atoms with Gasteiger partial charge >= 0.3 is 0 Å². The van der Waals surface area contributed by atoms with E-state index in [1.165, 1.54) is 6.20 Å². The van der Waals surface area contributed by atoms with Crippen molar-refractivity contribution in [3.05, 3.63) is 108 Å². The Morgan fingerprint density at radius 1 is 0.735 bits per heavy atom. The van der Waals surface area contributed by atoms with E-state index in [4.69, 9.17) is 4.74 Å². The van der Waals surface area contributed by atoms with Gasteiger partial charge in [-0.3, -0.25) is 14.6 Å². The molecule has 166 valence electrons. The highest BCUT2D eigenvalue weighted by Crippen LogP contribution is 2.30. The van der Waals surface area contributed by atoms with Crippen LogP contribution < -0.4 is 15.4 Å². The summed E-state index contributed by atoms with van der Waals surface area (Å²) >= 11 is 0. The molecule has 0 atom stereocenters. The molecule has 1 aromatic heterocycles. The highest BCUT2D eigenvalue weighted by Gasteiger charge is 2.12. The summed E-state index contributed by atoms with van der Waals surface area (Å²) in [7, 11) is 1.55. The predicted octanol–water partition coefficient (Wildman–Crippen LogP) is 5.79. The van der Waals surface area contributed by atoms with Crippen LogP contribution in [0.25, 0.3) is 21.5 Å². The van der Waals surface area contributed by atoms with Gasteiger partial charge in [-0.05, 0) is 52.6 Å². The summed E-state index contributed by atoms with van der Waals surface area (Å²) in [5.74, 6) is 0.672. The number of ether oxygens (including phenoxy) is 1. The molecule has 0 saturated heterocycles. The van der Waals surface area contributed by atoms with E-state index in [0.717, 1.165) is 21.5 Å². The zero-order valence-corrected chi connectivity index (χ0v) is 18.4. The van der Waals surface area contributed by atoms with Crippen LogP contribution in [0.2, 0.25) is 0 Å². The summed E-state index contributed by atoms with van der Waals surface area (Å²) in [6, 6.07) is 28.2. The monoisotopic (exact) mass is 447 g/mol. The summed E-state index contributed by atoms with van der Waals surface area (Å²) in [6.45, 7) is 0. The maximum atomic E-state index is 13.1. The third-order valence-electron chi connectivity index (χ3n) is 5.56. The van der Waals surface area contributed by atoms with E-state index in [1.54, 1.807) is 19.2 Å². The van der Waals surface area contributed by atoms with Gasteiger partial charge in [-0.15, -0.1) is 0 Å². The number of carbonyl (C=O) groups excluding carboxylic acids is 2. The number of aromatic nitrogens is 1. The smallest absolute Gasteiger partial charge is 0.269 e. The lowest BCUT2D eigenvalue weighted by molar-refractivity contribution is 0.0957. The van der Waals surface area contributed by atoms with Crippen molar-refractivity contribution in [3.63, 3.8) is 0 Å². The number of nitrogens with zero attached hydrogens (tertiary/aromatic N) is 1. The Morgan fingerprint density at radius 2 is 1.50 bits per heavy atom. The molecule has 0 saturated carbocycles. The maximum absolute atomic E-state index is 13.1. The first-order chi connectivity index (χ1) is 16.6. The number of pyridine rings is 1. The molecular formula is C28H21N3O3. The summed E-state index contributed by atoms with van der Waals surface area (Å²) in [4.78, 5) is 29.0. The normalized spacial score (nSPS) is 10.7. The molecule has 2 amide bonds. The van der Waals surface area contributed by atoms with Crippen molar-refractivity contribution in [1.82, 2.24) is 10.3 Å². The third-order valence-corrected chi connectivity index (χ3v) is 5.56. The molecule has 0 unspecified atom stereocenters. The number of hydrogen-bond acceptors (Lipinski definition) is 4. The van der Waals surface area contributed by atoms with Crippen LogP contribution in [0, 0.1) is 0 Å². The molecule has 0 aliphatic heterocycles. The second-order valence-electron chi connectivity index (χ2n) is 7.73. The van der Waals surface area contributed by atoms with Gasteiger partial charge in [-0.25, -0.2) is 0 Å². The Kier molecular flexibility index (Phi) is 5.62. The SMILES string of the molecule is CNC(=O)c1cc(Oc2ccc3c(NC(=O)c4cccc5ccccc45)cccc3c2)ccn1. The molecule has 0 bridgehead atoms. The van der Waals surface area contributed by atoms with Gasteiger partial charge in [0.1, 0.15) is 17.2 Å². The van der Waals surface area contributed by atoms with Crippen LogP contribution in [-0.2, 0) is 0 Å². The van der Waals surface area contributed by atoms with Crippen molar-refractivity contribution in [1.29, 1.82) is 0 Å². The lowest BCUT2D eigenvalue weighted by Crippen LogP contribution is -2.18. The Labute approximate surface area is 196 Å². The van der Waals surface area contributed by atoms with Crippen molar-refractivity contribution in [3.8, 4) is 11.5 Å².